The molecule has 1 rings (SSSR count). The molecule has 5 nitrogen and oxygen atoms in total. The lowest BCUT2D eigenvalue weighted by Gasteiger charge is -2.15. The molecule has 5 heteroatoms. The molecule has 0 aliphatic heterocycles. The van der Waals surface area contributed by atoms with Crippen LogP contribution in [-0.2, 0) is 6.54 Å². The number of aliphatic hydroxyl groups excluding tert-OH is 1. The zero-order valence-corrected chi connectivity index (χ0v) is 10.9. The van der Waals surface area contributed by atoms with Gasteiger partial charge in [0.05, 0.1) is 11.8 Å². The van der Waals surface area contributed by atoms with Crippen LogP contribution in [0.5, 0.6) is 0 Å². The van der Waals surface area contributed by atoms with Gasteiger partial charge in [0, 0.05) is 12.6 Å². The molecule has 0 aliphatic rings. The maximum atomic E-state index is 12.0. The second-order valence-corrected chi connectivity index (χ2v) is 4.45. The van der Waals surface area contributed by atoms with E-state index >= 15 is 0 Å². The molecule has 0 fully saturated rings. The number of rotatable bonds is 5. The number of hydrogen-bond acceptors (Lipinski definition) is 3. The third-order valence-corrected chi connectivity index (χ3v) is 2.51. The van der Waals surface area contributed by atoms with E-state index in [0.29, 0.717) is 18.7 Å². The Bertz CT molecular complexity index is 385. The molecule has 1 aromatic rings. The van der Waals surface area contributed by atoms with Crippen LogP contribution in [0.15, 0.2) is 6.07 Å². The van der Waals surface area contributed by atoms with E-state index in [1.807, 2.05) is 20.8 Å². The first-order valence-electron chi connectivity index (χ1n) is 5.97. The molecule has 0 saturated carbocycles. The Hall–Kier alpha value is -1.36. The van der Waals surface area contributed by atoms with Crippen LogP contribution < -0.4 is 5.32 Å². The van der Waals surface area contributed by atoms with Crippen LogP contribution in [-0.4, -0.2) is 32.9 Å². The van der Waals surface area contributed by atoms with E-state index in [4.69, 9.17) is 0 Å². The van der Waals surface area contributed by atoms with Gasteiger partial charge in [0.15, 0.2) is 0 Å². The number of carbonyl (C=O) groups is 1. The van der Waals surface area contributed by atoms with Crippen molar-refractivity contribution in [3.63, 3.8) is 0 Å². The molecule has 0 spiro atoms. The van der Waals surface area contributed by atoms with Crippen LogP contribution in [0.2, 0.25) is 0 Å². The van der Waals surface area contributed by atoms with Gasteiger partial charge in [-0.2, -0.15) is 5.10 Å². The average molecular weight is 239 g/mol. The maximum Gasteiger partial charge on any atom is 0.269 e. The van der Waals surface area contributed by atoms with Gasteiger partial charge < -0.3 is 10.4 Å². The number of amides is 1. The van der Waals surface area contributed by atoms with Gasteiger partial charge in [0.25, 0.3) is 5.91 Å². The summed E-state index contributed by atoms with van der Waals surface area (Å²) in [5.41, 5.74) is 1.41. The molecule has 1 heterocycles. The first-order chi connectivity index (χ1) is 7.93. The molecular formula is C12H21N3O2. The molecule has 0 bridgehead atoms. The first kappa shape index (κ1) is 13.7. The molecule has 96 valence electrons. The van der Waals surface area contributed by atoms with Gasteiger partial charge in [0.2, 0.25) is 0 Å². The summed E-state index contributed by atoms with van der Waals surface area (Å²) in [6, 6.07) is 1.72. The number of carbonyl (C=O) groups excluding carboxylic acids is 1. The van der Waals surface area contributed by atoms with Crippen molar-refractivity contribution < 1.29 is 9.90 Å². The Balaban J connectivity index is 2.69. The molecule has 2 unspecified atom stereocenters. The van der Waals surface area contributed by atoms with Crippen LogP contribution in [0.3, 0.4) is 0 Å². The normalized spacial score (nSPS) is 14.4. The molecule has 17 heavy (non-hydrogen) atoms. The van der Waals surface area contributed by atoms with Crippen molar-refractivity contribution in [3.05, 3.63) is 17.5 Å². The minimum atomic E-state index is -0.414. The predicted molar refractivity (Wildman–Crippen MR) is 65.9 cm³/mol. The highest BCUT2D eigenvalue weighted by Crippen LogP contribution is 2.05. The minimum absolute atomic E-state index is 0.0528. The zero-order valence-electron chi connectivity index (χ0n) is 10.9. The third-order valence-electron chi connectivity index (χ3n) is 2.51. The van der Waals surface area contributed by atoms with E-state index in [9.17, 15) is 9.90 Å². The highest BCUT2D eigenvalue weighted by Gasteiger charge is 2.16. The summed E-state index contributed by atoms with van der Waals surface area (Å²) in [5.74, 6) is -0.138. The van der Waals surface area contributed by atoms with Gasteiger partial charge in [-0.15, -0.1) is 0 Å². The van der Waals surface area contributed by atoms with Gasteiger partial charge in [-0.1, -0.05) is 0 Å². The molecule has 2 N–H and O–H groups in total. The lowest BCUT2D eigenvalue weighted by Crippen LogP contribution is -2.35. The van der Waals surface area contributed by atoms with E-state index in [0.717, 1.165) is 5.69 Å². The van der Waals surface area contributed by atoms with E-state index in [1.165, 1.54) is 0 Å². The summed E-state index contributed by atoms with van der Waals surface area (Å²) < 4.78 is 1.68. The SMILES string of the molecule is CCn1nc(C)cc1C(=O)NC(C)CC(C)O. The van der Waals surface area contributed by atoms with Crippen molar-refractivity contribution >= 4 is 5.91 Å². The van der Waals surface area contributed by atoms with Crippen LogP contribution >= 0.6 is 0 Å². The molecule has 1 aromatic heterocycles. The molecule has 0 radical (unpaired) electrons. The molecule has 0 aliphatic carbocycles. The summed E-state index contributed by atoms with van der Waals surface area (Å²) >= 11 is 0. The Kier molecular flexibility index (Phi) is 4.69. The fourth-order valence-corrected chi connectivity index (χ4v) is 1.84. The lowest BCUT2D eigenvalue weighted by molar-refractivity contribution is 0.0912. The zero-order chi connectivity index (χ0) is 13.0. The standard InChI is InChI=1S/C12H21N3O2/c1-5-15-11(7-9(3)14-15)12(17)13-8(2)6-10(4)16/h7-8,10,16H,5-6H2,1-4H3,(H,13,17). The summed E-state index contributed by atoms with van der Waals surface area (Å²) in [6.45, 7) is 8.07. The predicted octanol–water partition coefficient (Wildman–Crippen LogP) is 1.10. The van der Waals surface area contributed by atoms with Gasteiger partial charge in [-0.25, -0.2) is 0 Å². The van der Waals surface area contributed by atoms with Crippen molar-refractivity contribution in [2.24, 2.45) is 0 Å². The highest BCUT2D eigenvalue weighted by molar-refractivity contribution is 5.92. The molecule has 0 aromatic carbocycles. The number of aromatic nitrogens is 2. The summed E-state index contributed by atoms with van der Waals surface area (Å²) in [7, 11) is 0. The number of nitrogens with zero attached hydrogens (tertiary/aromatic N) is 2. The fourth-order valence-electron chi connectivity index (χ4n) is 1.84. The average Bonchev–Trinajstić information content (AvgIpc) is 2.58. The van der Waals surface area contributed by atoms with E-state index < -0.39 is 6.10 Å². The van der Waals surface area contributed by atoms with Crippen molar-refractivity contribution in [2.75, 3.05) is 0 Å². The number of nitrogens with one attached hydrogen (secondary N) is 1. The highest BCUT2D eigenvalue weighted by atomic mass is 16.3. The Morgan fingerprint density at radius 2 is 2.24 bits per heavy atom. The van der Waals surface area contributed by atoms with Crippen LogP contribution in [0.1, 0.15) is 43.4 Å². The quantitative estimate of drug-likeness (QED) is 0.808. The van der Waals surface area contributed by atoms with Crippen LogP contribution in [0, 0.1) is 6.92 Å². The number of hydrogen-bond donors (Lipinski definition) is 2. The third kappa shape index (κ3) is 3.85. The fraction of sp³-hybridized carbons (Fsp3) is 0.667. The van der Waals surface area contributed by atoms with Crippen molar-refractivity contribution in [1.82, 2.24) is 15.1 Å². The smallest absolute Gasteiger partial charge is 0.269 e. The largest absolute Gasteiger partial charge is 0.393 e. The Morgan fingerprint density at radius 1 is 1.59 bits per heavy atom. The van der Waals surface area contributed by atoms with Gasteiger partial charge in [0.1, 0.15) is 5.69 Å². The Morgan fingerprint density at radius 3 is 2.76 bits per heavy atom. The molecule has 1 amide bonds. The maximum absolute atomic E-state index is 12.0. The topological polar surface area (TPSA) is 67.2 Å². The van der Waals surface area contributed by atoms with Crippen LogP contribution in [0.4, 0.5) is 0 Å². The van der Waals surface area contributed by atoms with Gasteiger partial charge in [-0.05, 0) is 40.2 Å². The van der Waals surface area contributed by atoms with E-state index in [-0.39, 0.29) is 11.9 Å². The van der Waals surface area contributed by atoms with Crippen molar-refractivity contribution in [1.29, 1.82) is 0 Å². The van der Waals surface area contributed by atoms with Gasteiger partial charge >= 0.3 is 0 Å². The molecule has 0 saturated heterocycles. The van der Waals surface area contributed by atoms with E-state index in [2.05, 4.69) is 10.4 Å². The number of aliphatic hydroxyl groups is 1. The number of aryl methyl sites for hydroxylation is 2. The van der Waals surface area contributed by atoms with E-state index in [1.54, 1.807) is 17.7 Å². The summed E-state index contributed by atoms with van der Waals surface area (Å²) in [4.78, 5) is 12.0. The monoisotopic (exact) mass is 239 g/mol. The minimum Gasteiger partial charge on any atom is -0.393 e. The first-order valence-corrected chi connectivity index (χ1v) is 5.97. The lowest BCUT2D eigenvalue weighted by atomic mass is 10.1. The van der Waals surface area contributed by atoms with Crippen LogP contribution in [0.25, 0.3) is 0 Å². The second-order valence-electron chi connectivity index (χ2n) is 4.45. The second kappa shape index (κ2) is 5.82. The van der Waals surface area contributed by atoms with Crippen molar-refractivity contribution in [2.45, 2.75) is 52.8 Å². The van der Waals surface area contributed by atoms with Crippen molar-refractivity contribution in [3.8, 4) is 0 Å². The van der Waals surface area contributed by atoms with Gasteiger partial charge in [-0.3, -0.25) is 9.48 Å². The molecular weight excluding hydrogens is 218 g/mol. The molecule has 2 atom stereocenters. The summed E-state index contributed by atoms with van der Waals surface area (Å²) in [6.07, 6.45) is 0.133. The summed E-state index contributed by atoms with van der Waals surface area (Å²) in [5, 5.41) is 16.3. The Labute approximate surface area is 102 Å².